The molecule has 0 radical (unpaired) electrons. The van der Waals surface area contributed by atoms with E-state index in [0.29, 0.717) is 24.6 Å². The maximum atomic E-state index is 6.05. The van der Waals surface area contributed by atoms with Crippen LogP contribution < -0.4 is 5.73 Å². The topological polar surface area (TPSA) is 38.5 Å². The first-order chi connectivity index (χ1) is 9.69. The van der Waals surface area contributed by atoms with Gasteiger partial charge in [-0.05, 0) is 36.4 Å². The Kier molecular flexibility index (Phi) is 5.58. The Morgan fingerprint density at radius 3 is 2.60 bits per heavy atom. The van der Waals surface area contributed by atoms with Gasteiger partial charge in [-0.1, -0.05) is 38.1 Å². The summed E-state index contributed by atoms with van der Waals surface area (Å²) in [5, 5.41) is 0. The average molecular weight is 276 g/mol. The summed E-state index contributed by atoms with van der Waals surface area (Å²) in [6.07, 6.45) is 2.59. The molecule has 1 aromatic carbocycles. The second-order valence-electron chi connectivity index (χ2n) is 5.88. The van der Waals surface area contributed by atoms with E-state index < -0.39 is 0 Å². The summed E-state index contributed by atoms with van der Waals surface area (Å²) < 4.78 is 5.62. The molecule has 112 valence electrons. The van der Waals surface area contributed by atoms with Crippen LogP contribution in [0.4, 0.5) is 0 Å². The lowest BCUT2D eigenvalue weighted by molar-refractivity contribution is -0.0183. The highest BCUT2D eigenvalue weighted by Crippen LogP contribution is 2.27. The predicted octanol–water partition coefficient (Wildman–Crippen LogP) is 2.61. The fourth-order valence-corrected chi connectivity index (χ4v) is 3.12. The number of rotatable bonds is 5. The van der Waals surface area contributed by atoms with E-state index in [2.05, 4.69) is 43.0 Å². The third-order valence-electron chi connectivity index (χ3n) is 4.66. The van der Waals surface area contributed by atoms with Crippen LogP contribution in [-0.2, 0) is 11.2 Å². The predicted molar refractivity (Wildman–Crippen MR) is 83.8 cm³/mol. The van der Waals surface area contributed by atoms with Crippen LogP contribution in [0.25, 0.3) is 0 Å². The second kappa shape index (κ2) is 7.21. The molecular formula is C17H28N2O. The van der Waals surface area contributed by atoms with Gasteiger partial charge < -0.3 is 10.5 Å². The van der Waals surface area contributed by atoms with Crippen molar-refractivity contribution in [2.75, 3.05) is 26.7 Å². The van der Waals surface area contributed by atoms with Crippen LogP contribution in [-0.4, -0.2) is 37.7 Å². The van der Waals surface area contributed by atoms with Crippen molar-refractivity contribution in [3.05, 3.63) is 35.4 Å². The van der Waals surface area contributed by atoms with E-state index in [0.717, 1.165) is 19.5 Å². The van der Waals surface area contributed by atoms with Crippen LogP contribution in [0, 0.1) is 5.92 Å². The van der Waals surface area contributed by atoms with Crippen molar-refractivity contribution in [3.63, 3.8) is 0 Å². The van der Waals surface area contributed by atoms with Gasteiger partial charge in [-0.2, -0.15) is 0 Å². The third kappa shape index (κ3) is 3.40. The molecule has 0 aromatic heterocycles. The molecule has 0 bridgehead atoms. The molecule has 3 atom stereocenters. The number of aryl methyl sites for hydroxylation is 1. The molecule has 0 aliphatic carbocycles. The average Bonchev–Trinajstić information content (AvgIpc) is 2.50. The quantitative estimate of drug-likeness (QED) is 0.898. The van der Waals surface area contributed by atoms with E-state index in [1.54, 1.807) is 0 Å². The van der Waals surface area contributed by atoms with E-state index in [1.165, 1.54) is 17.5 Å². The van der Waals surface area contributed by atoms with Crippen LogP contribution in [0.15, 0.2) is 24.3 Å². The number of benzene rings is 1. The first-order valence-corrected chi connectivity index (χ1v) is 7.75. The highest BCUT2D eigenvalue weighted by Gasteiger charge is 2.30. The van der Waals surface area contributed by atoms with Crippen molar-refractivity contribution in [2.24, 2.45) is 11.7 Å². The molecule has 1 saturated heterocycles. The van der Waals surface area contributed by atoms with Gasteiger partial charge in [-0.25, -0.2) is 0 Å². The Balaban J connectivity index is 2.10. The summed E-state index contributed by atoms with van der Waals surface area (Å²) in [6.45, 7) is 7.22. The number of piperidine rings is 1. The maximum Gasteiger partial charge on any atom is 0.0724 e. The Morgan fingerprint density at radius 2 is 2.05 bits per heavy atom. The third-order valence-corrected chi connectivity index (χ3v) is 4.66. The number of ether oxygens (including phenoxy) is 1. The van der Waals surface area contributed by atoms with Gasteiger partial charge in [-0.3, -0.25) is 4.90 Å². The maximum absolute atomic E-state index is 6.05. The zero-order valence-electron chi connectivity index (χ0n) is 13.0. The summed E-state index contributed by atoms with van der Waals surface area (Å²) in [4.78, 5) is 2.48. The normalized spacial score (nSPS) is 25.6. The minimum atomic E-state index is 0.311. The monoisotopic (exact) mass is 276 g/mol. The van der Waals surface area contributed by atoms with Crippen LogP contribution in [0.5, 0.6) is 0 Å². The molecule has 2 rings (SSSR count). The summed E-state index contributed by atoms with van der Waals surface area (Å²) in [6, 6.07) is 9.22. The molecule has 20 heavy (non-hydrogen) atoms. The first-order valence-electron chi connectivity index (χ1n) is 7.75. The smallest absolute Gasteiger partial charge is 0.0724 e. The molecule has 0 saturated carbocycles. The summed E-state index contributed by atoms with van der Waals surface area (Å²) >= 11 is 0. The Labute approximate surface area is 123 Å². The molecule has 1 aliphatic rings. The molecule has 0 spiro atoms. The summed E-state index contributed by atoms with van der Waals surface area (Å²) in [7, 11) is 1.82. The highest BCUT2D eigenvalue weighted by atomic mass is 16.5. The summed E-state index contributed by atoms with van der Waals surface area (Å²) in [5.74, 6) is 0.636. The molecule has 1 aliphatic heterocycles. The van der Waals surface area contributed by atoms with Crippen molar-refractivity contribution in [1.82, 2.24) is 4.90 Å². The van der Waals surface area contributed by atoms with E-state index in [1.807, 2.05) is 7.11 Å². The number of hydrogen-bond donors (Lipinski definition) is 1. The Morgan fingerprint density at radius 1 is 1.35 bits per heavy atom. The zero-order chi connectivity index (χ0) is 14.5. The molecule has 1 heterocycles. The van der Waals surface area contributed by atoms with E-state index in [-0.39, 0.29) is 0 Å². The fourth-order valence-electron chi connectivity index (χ4n) is 3.12. The lowest BCUT2D eigenvalue weighted by Gasteiger charge is -2.40. The lowest BCUT2D eigenvalue weighted by Crippen LogP contribution is -2.47. The number of nitrogens with zero attached hydrogens (tertiary/aromatic N) is 1. The SMILES string of the molecule is CCc1ccc(C(CN)N2CCC(C)C(OC)C2)cc1. The Bertz CT molecular complexity index is 404. The van der Waals surface area contributed by atoms with Crippen molar-refractivity contribution in [3.8, 4) is 0 Å². The molecule has 3 heteroatoms. The molecule has 0 amide bonds. The van der Waals surface area contributed by atoms with Gasteiger partial charge in [0.2, 0.25) is 0 Å². The minimum absolute atomic E-state index is 0.311. The van der Waals surface area contributed by atoms with Gasteiger partial charge in [0.15, 0.2) is 0 Å². The molecule has 3 nitrogen and oxygen atoms in total. The van der Waals surface area contributed by atoms with Crippen LogP contribution >= 0.6 is 0 Å². The fraction of sp³-hybridized carbons (Fsp3) is 0.647. The van der Waals surface area contributed by atoms with Gasteiger partial charge in [0.25, 0.3) is 0 Å². The highest BCUT2D eigenvalue weighted by molar-refractivity contribution is 5.25. The van der Waals surface area contributed by atoms with Crippen molar-refractivity contribution >= 4 is 0 Å². The summed E-state index contributed by atoms with van der Waals surface area (Å²) in [5.41, 5.74) is 8.75. The minimum Gasteiger partial charge on any atom is -0.380 e. The first kappa shape index (κ1) is 15.5. The molecule has 1 fully saturated rings. The number of hydrogen-bond acceptors (Lipinski definition) is 3. The molecule has 3 unspecified atom stereocenters. The van der Waals surface area contributed by atoms with Crippen molar-refractivity contribution < 1.29 is 4.74 Å². The van der Waals surface area contributed by atoms with E-state index >= 15 is 0 Å². The largest absolute Gasteiger partial charge is 0.380 e. The van der Waals surface area contributed by atoms with Gasteiger partial charge >= 0.3 is 0 Å². The molecule has 1 aromatic rings. The number of likely N-dealkylation sites (tertiary alicyclic amines) is 1. The van der Waals surface area contributed by atoms with E-state index in [9.17, 15) is 0 Å². The zero-order valence-corrected chi connectivity index (χ0v) is 13.0. The number of nitrogens with two attached hydrogens (primary N) is 1. The van der Waals surface area contributed by atoms with Crippen LogP contribution in [0.3, 0.4) is 0 Å². The lowest BCUT2D eigenvalue weighted by atomic mass is 9.93. The van der Waals surface area contributed by atoms with Gasteiger partial charge in [0.05, 0.1) is 6.10 Å². The van der Waals surface area contributed by atoms with Crippen LogP contribution in [0.1, 0.15) is 37.4 Å². The van der Waals surface area contributed by atoms with Crippen LogP contribution in [0.2, 0.25) is 0 Å². The standard InChI is InChI=1S/C17H28N2O/c1-4-14-5-7-15(8-6-14)16(11-18)19-10-9-13(2)17(12-19)20-3/h5-8,13,16-17H,4,9-12,18H2,1-3H3. The molecule has 2 N–H and O–H groups in total. The molecular weight excluding hydrogens is 248 g/mol. The van der Waals surface area contributed by atoms with Crippen molar-refractivity contribution in [1.29, 1.82) is 0 Å². The van der Waals surface area contributed by atoms with E-state index in [4.69, 9.17) is 10.5 Å². The Hall–Kier alpha value is -0.900. The van der Waals surface area contributed by atoms with Crippen molar-refractivity contribution in [2.45, 2.75) is 38.8 Å². The van der Waals surface area contributed by atoms with Gasteiger partial charge in [0.1, 0.15) is 0 Å². The van der Waals surface area contributed by atoms with Gasteiger partial charge in [-0.15, -0.1) is 0 Å². The van der Waals surface area contributed by atoms with Gasteiger partial charge in [0, 0.05) is 26.2 Å². The second-order valence-corrected chi connectivity index (χ2v) is 5.88. The number of methoxy groups -OCH3 is 1.